The van der Waals surface area contributed by atoms with Gasteiger partial charge in [0.2, 0.25) is 11.8 Å². The van der Waals surface area contributed by atoms with Gasteiger partial charge < -0.3 is 10.2 Å². The number of aryl methyl sites for hydroxylation is 1. The number of benzene rings is 1. The fourth-order valence-corrected chi connectivity index (χ4v) is 3.33. The molecule has 1 N–H and O–H groups in total. The number of thiazole rings is 1. The maximum absolute atomic E-state index is 13.3. The van der Waals surface area contributed by atoms with E-state index in [9.17, 15) is 14.0 Å². The summed E-state index contributed by atoms with van der Waals surface area (Å²) in [5.41, 5.74) is 1.51. The highest BCUT2D eigenvalue weighted by Gasteiger charge is 2.36. The van der Waals surface area contributed by atoms with Crippen LogP contribution in [0.3, 0.4) is 0 Å². The first-order chi connectivity index (χ1) is 11.0. The number of nitrogens with zero attached hydrogens (tertiary/aromatic N) is 2. The molecule has 2 heterocycles. The van der Waals surface area contributed by atoms with Crippen LogP contribution in [-0.4, -0.2) is 27.7 Å². The third kappa shape index (κ3) is 3.56. The molecular weight excluding hydrogens is 317 g/mol. The van der Waals surface area contributed by atoms with Crippen molar-refractivity contribution in [3.8, 4) is 0 Å². The largest absolute Gasteiger partial charge is 0.326 e. The molecule has 1 unspecified atom stereocenters. The summed E-state index contributed by atoms with van der Waals surface area (Å²) in [7, 11) is 0. The minimum Gasteiger partial charge on any atom is -0.326 e. The fraction of sp³-hybridized carbons (Fsp3) is 0.312. The van der Waals surface area contributed by atoms with Crippen LogP contribution in [0.25, 0.3) is 0 Å². The number of carbonyl (C=O) groups excluding carboxylic acids is 2. The third-order valence-electron chi connectivity index (χ3n) is 3.72. The molecule has 3 rings (SSSR count). The molecule has 1 fully saturated rings. The topological polar surface area (TPSA) is 62.3 Å². The summed E-state index contributed by atoms with van der Waals surface area (Å²) < 4.78 is 13.3. The van der Waals surface area contributed by atoms with Crippen LogP contribution in [-0.2, 0) is 16.1 Å². The summed E-state index contributed by atoms with van der Waals surface area (Å²) in [4.78, 5) is 30.2. The molecule has 2 aromatic rings. The van der Waals surface area contributed by atoms with E-state index in [4.69, 9.17) is 0 Å². The average Bonchev–Trinajstić information content (AvgIpc) is 3.06. The molecule has 0 aliphatic carbocycles. The van der Waals surface area contributed by atoms with Crippen LogP contribution in [0, 0.1) is 12.7 Å². The van der Waals surface area contributed by atoms with E-state index in [1.165, 1.54) is 28.4 Å². The van der Waals surface area contributed by atoms with E-state index in [0.29, 0.717) is 23.5 Å². The highest BCUT2D eigenvalue weighted by atomic mass is 32.1. The summed E-state index contributed by atoms with van der Waals surface area (Å²) in [5, 5.41) is 5.13. The lowest BCUT2D eigenvalue weighted by Gasteiger charge is -2.23. The number of anilines is 1. The number of halogens is 1. The molecule has 1 aliphatic heterocycles. The van der Waals surface area contributed by atoms with Crippen molar-refractivity contribution in [2.45, 2.75) is 32.4 Å². The van der Waals surface area contributed by atoms with Gasteiger partial charge in [-0.2, -0.15) is 0 Å². The highest BCUT2D eigenvalue weighted by Crippen LogP contribution is 2.24. The first kappa shape index (κ1) is 15.6. The molecule has 2 amide bonds. The van der Waals surface area contributed by atoms with Crippen molar-refractivity contribution in [1.82, 2.24) is 9.88 Å². The molecule has 0 saturated carbocycles. The molecule has 1 atom stereocenters. The SMILES string of the molecule is Cc1csc(NC(=O)C2CCC(=O)N2Cc2cccc(F)c2)n1. The lowest BCUT2D eigenvalue weighted by molar-refractivity contribution is -0.133. The van der Waals surface area contributed by atoms with Gasteiger partial charge >= 0.3 is 0 Å². The Hall–Kier alpha value is -2.28. The Bertz CT molecular complexity index is 746. The maximum Gasteiger partial charge on any atom is 0.248 e. The fourth-order valence-electron chi connectivity index (χ4n) is 2.64. The van der Waals surface area contributed by atoms with Crippen molar-refractivity contribution in [3.63, 3.8) is 0 Å². The second kappa shape index (κ2) is 6.45. The van der Waals surface area contributed by atoms with E-state index in [2.05, 4.69) is 10.3 Å². The summed E-state index contributed by atoms with van der Waals surface area (Å²) in [6.07, 6.45) is 0.786. The minimum absolute atomic E-state index is 0.0928. The molecular formula is C16H16FN3O2S. The standard InChI is InChI=1S/C16H16FN3O2S/c1-10-9-23-16(18-10)19-15(22)13-5-6-14(21)20(13)8-11-3-2-4-12(17)7-11/h2-4,7,9,13H,5-6,8H2,1H3,(H,18,19,22). The third-order valence-corrected chi connectivity index (χ3v) is 4.60. The highest BCUT2D eigenvalue weighted by molar-refractivity contribution is 7.13. The molecule has 5 nitrogen and oxygen atoms in total. The summed E-state index contributed by atoms with van der Waals surface area (Å²) >= 11 is 1.35. The van der Waals surface area contributed by atoms with Crippen molar-refractivity contribution in [1.29, 1.82) is 0 Å². The molecule has 120 valence electrons. The first-order valence-electron chi connectivity index (χ1n) is 7.30. The Kier molecular flexibility index (Phi) is 4.38. The molecule has 23 heavy (non-hydrogen) atoms. The van der Waals surface area contributed by atoms with Gasteiger partial charge in [0.15, 0.2) is 5.13 Å². The number of carbonyl (C=O) groups is 2. The molecule has 0 bridgehead atoms. The Labute approximate surface area is 137 Å². The van der Waals surface area contributed by atoms with E-state index >= 15 is 0 Å². The Morgan fingerprint density at radius 3 is 3.04 bits per heavy atom. The summed E-state index contributed by atoms with van der Waals surface area (Å²) in [6, 6.07) is 5.52. The van der Waals surface area contributed by atoms with Crippen LogP contribution in [0.2, 0.25) is 0 Å². The number of nitrogens with one attached hydrogen (secondary N) is 1. The maximum atomic E-state index is 13.3. The van der Waals surface area contributed by atoms with Crippen molar-refractivity contribution in [3.05, 3.63) is 46.7 Å². The van der Waals surface area contributed by atoms with Crippen LogP contribution >= 0.6 is 11.3 Å². The first-order valence-corrected chi connectivity index (χ1v) is 8.18. The van der Waals surface area contributed by atoms with E-state index in [-0.39, 0.29) is 24.2 Å². The predicted molar refractivity (Wildman–Crippen MR) is 85.5 cm³/mol. The van der Waals surface area contributed by atoms with Gasteiger partial charge in [0.05, 0.1) is 5.69 Å². The number of hydrogen-bond acceptors (Lipinski definition) is 4. The molecule has 1 aliphatic rings. The van der Waals surface area contributed by atoms with Crippen LogP contribution in [0.5, 0.6) is 0 Å². The quantitative estimate of drug-likeness (QED) is 0.936. The zero-order chi connectivity index (χ0) is 16.4. The van der Waals surface area contributed by atoms with Crippen molar-refractivity contribution < 1.29 is 14.0 Å². The van der Waals surface area contributed by atoms with E-state index in [1.54, 1.807) is 12.1 Å². The lowest BCUT2D eigenvalue weighted by atomic mass is 10.1. The second-order valence-electron chi connectivity index (χ2n) is 5.49. The van der Waals surface area contributed by atoms with Gasteiger partial charge in [0.1, 0.15) is 11.9 Å². The lowest BCUT2D eigenvalue weighted by Crippen LogP contribution is -2.41. The van der Waals surface area contributed by atoms with Gasteiger partial charge in [-0.05, 0) is 31.0 Å². The average molecular weight is 333 g/mol. The van der Waals surface area contributed by atoms with Gasteiger partial charge in [-0.1, -0.05) is 12.1 Å². The van der Waals surface area contributed by atoms with E-state index in [0.717, 1.165) is 5.69 Å². The number of hydrogen-bond donors (Lipinski definition) is 1. The van der Waals surface area contributed by atoms with Crippen LogP contribution < -0.4 is 5.32 Å². The van der Waals surface area contributed by atoms with Gasteiger partial charge in [-0.15, -0.1) is 11.3 Å². The normalized spacial score (nSPS) is 17.6. The van der Waals surface area contributed by atoms with Crippen LogP contribution in [0.4, 0.5) is 9.52 Å². The molecule has 1 saturated heterocycles. The van der Waals surface area contributed by atoms with E-state index < -0.39 is 6.04 Å². The van der Waals surface area contributed by atoms with Crippen molar-refractivity contribution in [2.75, 3.05) is 5.32 Å². The Balaban J connectivity index is 1.72. The van der Waals surface area contributed by atoms with Gasteiger partial charge in [-0.25, -0.2) is 9.37 Å². The number of amides is 2. The Morgan fingerprint density at radius 2 is 2.35 bits per heavy atom. The van der Waals surface area contributed by atoms with Crippen LogP contribution in [0.15, 0.2) is 29.6 Å². The Morgan fingerprint density at radius 1 is 1.52 bits per heavy atom. The predicted octanol–water partition coefficient (Wildman–Crippen LogP) is 2.72. The van der Waals surface area contributed by atoms with Gasteiger partial charge in [0, 0.05) is 18.3 Å². The number of likely N-dealkylation sites (tertiary alicyclic amines) is 1. The molecule has 7 heteroatoms. The second-order valence-corrected chi connectivity index (χ2v) is 6.35. The molecule has 1 aromatic carbocycles. The smallest absolute Gasteiger partial charge is 0.248 e. The summed E-state index contributed by atoms with van der Waals surface area (Å²) in [5.74, 6) is -0.695. The zero-order valence-corrected chi connectivity index (χ0v) is 13.4. The minimum atomic E-state index is -0.546. The van der Waals surface area contributed by atoms with E-state index in [1.807, 2.05) is 12.3 Å². The van der Waals surface area contributed by atoms with Gasteiger partial charge in [0.25, 0.3) is 0 Å². The zero-order valence-electron chi connectivity index (χ0n) is 12.6. The molecule has 0 spiro atoms. The number of rotatable bonds is 4. The number of aromatic nitrogens is 1. The van der Waals surface area contributed by atoms with Crippen molar-refractivity contribution >= 4 is 28.3 Å². The monoisotopic (exact) mass is 333 g/mol. The van der Waals surface area contributed by atoms with Gasteiger partial charge in [-0.3, -0.25) is 9.59 Å². The van der Waals surface area contributed by atoms with Crippen molar-refractivity contribution in [2.24, 2.45) is 0 Å². The molecule has 0 radical (unpaired) electrons. The van der Waals surface area contributed by atoms with Crippen LogP contribution in [0.1, 0.15) is 24.1 Å². The molecule has 1 aromatic heterocycles. The summed E-state index contributed by atoms with van der Waals surface area (Å²) in [6.45, 7) is 2.08.